The molecule has 9 heteroatoms. The van der Waals surface area contributed by atoms with Gasteiger partial charge in [-0.05, 0) is 15.9 Å². The van der Waals surface area contributed by atoms with Gasteiger partial charge in [0.2, 0.25) is 0 Å². The molecule has 0 saturated heterocycles. The number of ether oxygens (including phenoxy) is 1. The van der Waals surface area contributed by atoms with Crippen LogP contribution >= 0.6 is 15.9 Å². The Balaban J connectivity index is 3.26. The van der Waals surface area contributed by atoms with Gasteiger partial charge in [-0.25, -0.2) is 8.78 Å². The van der Waals surface area contributed by atoms with Gasteiger partial charge in [0, 0.05) is 6.20 Å². The quantitative estimate of drug-likeness (QED) is 0.853. The van der Waals surface area contributed by atoms with Crippen molar-refractivity contribution in [2.24, 2.45) is 0 Å². The first-order chi connectivity index (χ1) is 7.22. The Bertz CT molecular complexity index is 395. The maximum atomic E-state index is 12.3. The molecule has 0 atom stereocenters. The van der Waals surface area contributed by atoms with Crippen molar-refractivity contribution < 1.29 is 26.7 Å². The van der Waals surface area contributed by atoms with Crippen molar-refractivity contribution in [1.29, 1.82) is 0 Å². The standard InChI is InChI=1S/C7H4BrF5N2O/c8-2-1-15-4(6(9)10)5(3(2)14)16-7(11,12)13/h1,6H,(H2,14,15). The highest BCUT2D eigenvalue weighted by Gasteiger charge is 2.35. The number of pyridine rings is 1. The molecule has 90 valence electrons. The van der Waals surface area contributed by atoms with Gasteiger partial charge in [0.25, 0.3) is 6.43 Å². The third-order valence-corrected chi connectivity index (χ3v) is 2.11. The normalized spacial score (nSPS) is 11.9. The number of hydrogen-bond acceptors (Lipinski definition) is 3. The Hall–Kier alpha value is -1.12. The molecule has 0 aliphatic rings. The molecule has 1 rings (SSSR count). The molecule has 0 fully saturated rings. The van der Waals surface area contributed by atoms with Gasteiger partial charge >= 0.3 is 6.36 Å². The summed E-state index contributed by atoms with van der Waals surface area (Å²) in [4.78, 5) is 3.12. The summed E-state index contributed by atoms with van der Waals surface area (Å²) in [6.45, 7) is 0. The Morgan fingerprint density at radius 2 is 1.94 bits per heavy atom. The van der Waals surface area contributed by atoms with Crippen LogP contribution < -0.4 is 10.5 Å². The number of nitrogens with two attached hydrogens (primary N) is 1. The van der Waals surface area contributed by atoms with Crippen molar-refractivity contribution in [2.75, 3.05) is 5.73 Å². The second-order valence-electron chi connectivity index (χ2n) is 2.58. The monoisotopic (exact) mass is 306 g/mol. The smallest absolute Gasteiger partial charge is 0.401 e. The molecule has 0 aliphatic carbocycles. The number of hydrogen-bond donors (Lipinski definition) is 1. The van der Waals surface area contributed by atoms with Gasteiger partial charge in [-0.3, -0.25) is 4.98 Å². The molecule has 0 radical (unpaired) electrons. The summed E-state index contributed by atoms with van der Waals surface area (Å²) in [7, 11) is 0. The van der Waals surface area contributed by atoms with Crippen LogP contribution in [0.5, 0.6) is 5.75 Å². The summed E-state index contributed by atoms with van der Waals surface area (Å²) in [5, 5.41) is 0. The zero-order chi connectivity index (χ0) is 12.5. The molecule has 16 heavy (non-hydrogen) atoms. The van der Waals surface area contributed by atoms with E-state index in [1.165, 1.54) is 0 Å². The molecule has 1 heterocycles. The van der Waals surface area contributed by atoms with Crippen molar-refractivity contribution in [1.82, 2.24) is 4.98 Å². The zero-order valence-corrected chi connectivity index (χ0v) is 8.94. The van der Waals surface area contributed by atoms with Crippen LogP contribution in [0.15, 0.2) is 10.7 Å². The molecule has 0 aliphatic heterocycles. The van der Waals surface area contributed by atoms with Gasteiger partial charge in [0.15, 0.2) is 11.4 Å². The van der Waals surface area contributed by atoms with Gasteiger partial charge in [0.05, 0.1) is 10.2 Å². The van der Waals surface area contributed by atoms with E-state index >= 15 is 0 Å². The highest BCUT2D eigenvalue weighted by molar-refractivity contribution is 9.10. The SMILES string of the molecule is Nc1c(Br)cnc(C(F)F)c1OC(F)(F)F. The predicted octanol–water partition coefficient (Wildman–Crippen LogP) is 3.26. The minimum atomic E-state index is -5.11. The van der Waals surface area contributed by atoms with Crippen LogP contribution in [-0.2, 0) is 0 Å². The maximum Gasteiger partial charge on any atom is 0.573 e. The molecular weight excluding hydrogens is 303 g/mol. The lowest BCUT2D eigenvalue weighted by atomic mass is 10.3. The molecule has 2 N–H and O–H groups in total. The van der Waals surface area contributed by atoms with E-state index < -0.39 is 29.9 Å². The van der Waals surface area contributed by atoms with E-state index in [2.05, 4.69) is 25.7 Å². The summed E-state index contributed by atoms with van der Waals surface area (Å²) in [5.41, 5.74) is 3.45. The number of anilines is 1. The maximum absolute atomic E-state index is 12.3. The minimum Gasteiger partial charge on any atom is -0.401 e. The van der Waals surface area contributed by atoms with Crippen LogP contribution in [0.1, 0.15) is 12.1 Å². The third kappa shape index (κ3) is 2.94. The lowest BCUT2D eigenvalue weighted by Gasteiger charge is -2.14. The van der Waals surface area contributed by atoms with E-state index in [0.29, 0.717) is 0 Å². The van der Waals surface area contributed by atoms with E-state index in [1.807, 2.05) is 0 Å². The number of nitrogen functional groups attached to an aromatic ring is 1. The van der Waals surface area contributed by atoms with Gasteiger partial charge in [-0.15, -0.1) is 13.2 Å². The number of nitrogens with zero attached hydrogens (tertiary/aromatic N) is 1. The molecular formula is C7H4BrF5N2O. The van der Waals surface area contributed by atoms with Gasteiger partial charge in [0.1, 0.15) is 0 Å². The highest BCUT2D eigenvalue weighted by atomic mass is 79.9. The molecule has 1 aromatic heterocycles. The number of alkyl halides is 5. The fourth-order valence-electron chi connectivity index (χ4n) is 0.879. The Morgan fingerprint density at radius 1 is 1.38 bits per heavy atom. The lowest BCUT2D eigenvalue weighted by molar-refractivity contribution is -0.275. The lowest BCUT2D eigenvalue weighted by Crippen LogP contribution is -2.20. The largest absolute Gasteiger partial charge is 0.573 e. The molecule has 3 nitrogen and oxygen atoms in total. The minimum absolute atomic E-state index is 0.0591. The third-order valence-electron chi connectivity index (χ3n) is 1.48. The van der Waals surface area contributed by atoms with Crippen molar-refractivity contribution in [3.05, 3.63) is 16.4 Å². The molecule has 0 bridgehead atoms. The average Bonchev–Trinajstić information content (AvgIpc) is 2.10. The van der Waals surface area contributed by atoms with Crippen LogP contribution in [0.4, 0.5) is 27.6 Å². The highest BCUT2D eigenvalue weighted by Crippen LogP contribution is 2.39. The van der Waals surface area contributed by atoms with E-state index in [1.54, 1.807) is 0 Å². The number of rotatable bonds is 2. The van der Waals surface area contributed by atoms with Crippen LogP contribution in [-0.4, -0.2) is 11.3 Å². The number of aromatic nitrogens is 1. The summed E-state index contributed by atoms with van der Waals surface area (Å²) < 4.78 is 63.8. The fraction of sp³-hybridized carbons (Fsp3) is 0.286. The van der Waals surface area contributed by atoms with Gasteiger partial charge < -0.3 is 10.5 Å². The molecule has 1 aromatic rings. The predicted molar refractivity (Wildman–Crippen MR) is 48.0 cm³/mol. The molecule has 0 amide bonds. The Morgan fingerprint density at radius 3 is 2.38 bits per heavy atom. The first-order valence-corrected chi connectivity index (χ1v) is 4.49. The van der Waals surface area contributed by atoms with Gasteiger partial charge in [-0.1, -0.05) is 0 Å². The van der Waals surface area contributed by atoms with Crippen LogP contribution in [0.25, 0.3) is 0 Å². The summed E-state index contributed by atoms with van der Waals surface area (Å²) in [5.74, 6) is -1.18. The molecule has 0 aromatic carbocycles. The fourth-order valence-corrected chi connectivity index (χ4v) is 1.16. The van der Waals surface area contributed by atoms with Gasteiger partial charge in [-0.2, -0.15) is 0 Å². The van der Waals surface area contributed by atoms with Crippen molar-refractivity contribution in [2.45, 2.75) is 12.8 Å². The van der Waals surface area contributed by atoms with E-state index in [4.69, 9.17) is 5.73 Å². The van der Waals surface area contributed by atoms with Crippen LogP contribution in [0, 0.1) is 0 Å². The first kappa shape index (κ1) is 12.9. The van der Waals surface area contributed by atoms with E-state index in [-0.39, 0.29) is 4.47 Å². The second kappa shape index (κ2) is 4.40. The first-order valence-electron chi connectivity index (χ1n) is 3.70. The second-order valence-corrected chi connectivity index (χ2v) is 3.44. The summed E-state index contributed by atoms with van der Waals surface area (Å²) >= 11 is 2.76. The molecule has 0 spiro atoms. The number of halogens is 6. The molecule has 0 saturated carbocycles. The molecule has 0 unspecified atom stereocenters. The van der Waals surface area contributed by atoms with E-state index in [0.717, 1.165) is 6.20 Å². The van der Waals surface area contributed by atoms with Crippen molar-refractivity contribution in [3.63, 3.8) is 0 Å². The summed E-state index contributed by atoms with van der Waals surface area (Å²) in [6, 6.07) is 0. The van der Waals surface area contributed by atoms with Crippen molar-refractivity contribution >= 4 is 21.6 Å². The van der Waals surface area contributed by atoms with E-state index in [9.17, 15) is 22.0 Å². The van der Waals surface area contributed by atoms with Crippen LogP contribution in [0.3, 0.4) is 0 Å². The van der Waals surface area contributed by atoms with Crippen LogP contribution in [0.2, 0.25) is 0 Å². The topological polar surface area (TPSA) is 48.1 Å². The van der Waals surface area contributed by atoms with Crippen molar-refractivity contribution in [3.8, 4) is 5.75 Å². The Labute approximate surface area is 94.5 Å². The zero-order valence-electron chi connectivity index (χ0n) is 7.36. The average molecular weight is 307 g/mol. The summed E-state index contributed by atoms with van der Waals surface area (Å²) in [6.07, 6.45) is -7.45. The Kier molecular flexibility index (Phi) is 3.56.